The van der Waals surface area contributed by atoms with Crippen molar-refractivity contribution in [2.75, 3.05) is 35.6 Å². The average Bonchev–Trinajstić information content (AvgIpc) is 4.36. The number of quaternary nitrogens is 1. The second-order valence-corrected chi connectivity index (χ2v) is 16.0. The number of fused-ring (bicyclic) bond motifs is 2. The number of benzene rings is 3. The SMILES string of the molecule is CC(=O)O.Nc1cccnc1N.Nc1ncccc1NC(=O)CNC(=O)OCc1ccccc1.O=C(NCc1nc2ncccc2[nH]1)OCc1ccccc1.O=C(O)CNC(=O)OCc1ccccc1.[Cl-].[Cl-].[NH3+]Cc1nc2[nH+]cccc2[nH]1. The van der Waals surface area contributed by atoms with Crippen LogP contribution in [0.4, 0.5) is 37.4 Å². The number of anilines is 4. The predicted octanol–water partition coefficient (Wildman–Crippen LogP) is -1.63. The molecular weight excluding hydrogens is 1120 g/mol. The van der Waals surface area contributed by atoms with E-state index in [4.69, 9.17) is 46.4 Å². The molecule has 0 spiro atoms. The van der Waals surface area contributed by atoms with Gasteiger partial charge in [0.1, 0.15) is 55.9 Å². The molecule has 9 aromatic rings. The van der Waals surface area contributed by atoms with Crippen molar-refractivity contribution in [3.63, 3.8) is 0 Å². The zero-order chi connectivity index (χ0) is 58.6. The Labute approximate surface area is 487 Å². The number of pyridine rings is 4. The number of nitrogen functional groups attached to an aromatic ring is 3. The van der Waals surface area contributed by atoms with Crippen LogP contribution in [0.3, 0.4) is 0 Å². The molecule has 0 saturated carbocycles. The molecule has 0 bridgehead atoms. The first-order chi connectivity index (χ1) is 39.1. The maximum Gasteiger partial charge on any atom is 0.407 e. The normalized spacial score (nSPS) is 9.52. The van der Waals surface area contributed by atoms with Gasteiger partial charge in [-0.15, -0.1) is 0 Å². The number of amides is 4. The number of carbonyl (C=O) groups is 6. The van der Waals surface area contributed by atoms with Gasteiger partial charge in [0.2, 0.25) is 5.91 Å². The average molecular weight is 1180 g/mol. The topological polar surface area (TPSA) is 435 Å². The minimum absolute atomic E-state index is 0. The van der Waals surface area contributed by atoms with E-state index in [9.17, 15) is 24.0 Å². The molecule has 29 heteroatoms. The highest BCUT2D eigenvalue weighted by Gasteiger charge is 2.11. The maximum absolute atomic E-state index is 11.7. The number of nitrogens with one attached hydrogen (secondary N) is 7. The van der Waals surface area contributed by atoms with Gasteiger partial charge in [-0.05, 0) is 70.2 Å². The molecule has 4 amide bonds. The Kier molecular flexibility index (Phi) is 32.0. The number of aromatic nitrogens is 8. The van der Waals surface area contributed by atoms with Crippen LogP contribution in [-0.4, -0.2) is 94.3 Å². The largest absolute Gasteiger partial charge is 1.00 e. The standard InChI is InChI=1S/C15H16N4O3.C15H14N4O2.C10H11NO4.C7H8N4.C5H7N3.C2H4O2.2ClH/c16-14-12(7-4-8-17-14)19-13(20)9-18-15(21)22-10-11-5-2-1-3-6-11;20-15(21-10-11-5-2-1-3-6-11)17-9-13-18-12-7-4-8-16-14(12)19-13;12-9(13)6-11-10(14)15-7-8-4-2-1-3-5-8;8-4-6-10-5-2-1-3-9-7(5)11-6;6-4-2-1-3-8-5(4)7;1-2(3)4;;/h1-8H,9-10H2,(H2,16,17)(H,18,21)(H,19,20);1-8H,9-10H2,(H,17,20)(H,16,18,19);1-5H,6-7H2,(H,11,14)(H,12,13);1-3H,4,8H2,(H,9,10,11);1-3H,6H2,(H2,7,8);1H3,(H,3,4);2*1H. The van der Waals surface area contributed by atoms with E-state index in [1.807, 2.05) is 121 Å². The van der Waals surface area contributed by atoms with Crippen molar-refractivity contribution < 1.29 is 88.7 Å². The molecular formula is C54H62Cl2N16O11. The smallest absolute Gasteiger partial charge is 0.407 e. The lowest BCUT2D eigenvalue weighted by atomic mass is 10.2. The highest BCUT2D eigenvalue weighted by molar-refractivity contribution is 5.95. The molecule has 438 valence electrons. The van der Waals surface area contributed by atoms with E-state index < -0.39 is 42.7 Å². The second-order valence-electron chi connectivity index (χ2n) is 16.0. The Hall–Kier alpha value is -10.6. The van der Waals surface area contributed by atoms with Crippen LogP contribution in [0.25, 0.3) is 22.3 Å². The van der Waals surface area contributed by atoms with Crippen molar-refractivity contribution in [3.8, 4) is 0 Å². The molecule has 9 rings (SSSR count). The number of nitrogens with two attached hydrogens (primary N) is 3. The van der Waals surface area contributed by atoms with Crippen molar-refractivity contribution in [1.82, 2.24) is 50.8 Å². The molecule has 18 N–H and O–H groups in total. The van der Waals surface area contributed by atoms with Gasteiger partial charge in [0, 0.05) is 25.5 Å². The number of carbonyl (C=O) groups excluding carboxylic acids is 4. The van der Waals surface area contributed by atoms with Crippen LogP contribution in [-0.2, 0) is 61.5 Å². The lowest BCUT2D eigenvalue weighted by molar-refractivity contribution is -0.388. The van der Waals surface area contributed by atoms with Gasteiger partial charge >= 0.3 is 29.9 Å². The molecule has 6 aromatic heterocycles. The van der Waals surface area contributed by atoms with Gasteiger partial charge in [0.05, 0.1) is 29.6 Å². The number of rotatable bonds is 14. The van der Waals surface area contributed by atoms with Crippen molar-refractivity contribution >= 4 is 81.5 Å². The van der Waals surface area contributed by atoms with Crippen molar-refractivity contribution in [2.24, 2.45) is 0 Å². The molecule has 27 nitrogen and oxygen atoms in total. The minimum atomic E-state index is -1.10. The molecule has 0 aliphatic heterocycles. The summed E-state index contributed by atoms with van der Waals surface area (Å²) >= 11 is 0. The van der Waals surface area contributed by atoms with Crippen LogP contribution >= 0.6 is 0 Å². The molecule has 0 aliphatic carbocycles. The van der Waals surface area contributed by atoms with Gasteiger partial charge in [-0.3, -0.25) is 14.4 Å². The van der Waals surface area contributed by atoms with E-state index in [0.29, 0.717) is 35.2 Å². The van der Waals surface area contributed by atoms with Crippen molar-refractivity contribution in [2.45, 2.75) is 39.8 Å². The Morgan fingerprint density at radius 1 is 0.566 bits per heavy atom. The number of aromatic amines is 3. The van der Waals surface area contributed by atoms with Gasteiger partial charge in [0.25, 0.3) is 11.8 Å². The number of carboxylic acids is 2. The molecule has 0 saturated heterocycles. The highest BCUT2D eigenvalue weighted by atomic mass is 35.5. The Morgan fingerprint density at radius 3 is 1.51 bits per heavy atom. The number of alkyl carbamates (subject to hydrolysis) is 3. The quantitative estimate of drug-likeness (QED) is 0.0544. The van der Waals surface area contributed by atoms with Gasteiger partial charge in [0.15, 0.2) is 12.2 Å². The fourth-order valence-corrected chi connectivity index (χ4v) is 5.96. The number of carboxylic acid groups (broad SMARTS) is 2. The lowest BCUT2D eigenvalue weighted by Gasteiger charge is -2.09. The fourth-order valence-electron chi connectivity index (χ4n) is 5.96. The first-order valence-corrected chi connectivity index (χ1v) is 24.2. The number of nitrogens with zero attached hydrogens (tertiary/aromatic N) is 5. The molecule has 3 aromatic carbocycles. The molecule has 0 unspecified atom stereocenters. The van der Waals surface area contributed by atoms with Gasteiger partial charge in [-0.1, -0.05) is 91.0 Å². The number of H-pyrrole nitrogens is 3. The second kappa shape index (κ2) is 38.8. The Bertz CT molecular complexity index is 3280. The van der Waals surface area contributed by atoms with Gasteiger partial charge in [-0.25, -0.2) is 39.3 Å². The summed E-state index contributed by atoms with van der Waals surface area (Å²) in [4.78, 5) is 94.3. The molecule has 0 atom stereocenters. The lowest BCUT2D eigenvalue weighted by Crippen LogP contribution is -3.00. The summed E-state index contributed by atoms with van der Waals surface area (Å²) in [5.74, 6) is -0.194. The molecule has 83 heavy (non-hydrogen) atoms. The zero-order valence-electron chi connectivity index (χ0n) is 44.5. The number of hydrogen-bond donors (Lipinski definition) is 12. The monoisotopic (exact) mass is 1180 g/mol. The highest BCUT2D eigenvalue weighted by Crippen LogP contribution is 2.13. The summed E-state index contributed by atoms with van der Waals surface area (Å²) in [6.07, 6.45) is 4.77. The van der Waals surface area contributed by atoms with Crippen LogP contribution in [0, 0.1) is 0 Å². The first kappa shape index (κ1) is 68.5. The first-order valence-electron chi connectivity index (χ1n) is 24.2. The third-order valence-electron chi connectivity index (χ3n) is 9.70. The number of halogens is 2. The third-order valence-corrected chi connectivity index (χ3v) is 9.70. The molecule has 0 radical (unpaired) electrons. The number of ether oxygens (including phenoxy) is 3. The van der Waals surface area contributed by atoms with E-state index in [1.165, 1.54) is 6.20 Å². The third kappa shape index (κ3) is 28.7. The molecule has 0 aliphatic rings. The maximum atomic E-state index is 11.7. The van der Waals surface area contributed by atoms with Crippen LogP contribution in [0.5, 0.6) is 0 Å². The Morgan fingerprint density at radius 2 is 1.04 bits per heavy atom. The van der Waals surface area contributed by atoms with E-state index >= 15 is 0 Å². The van der Waals surface area contributed by atoms with Gasteiger partial charge in [-0.2, -0.15) is 0 Å². The van der Waals surface area contributed by atoms with E-state index in [2.05, 4.69) is 66.9 Å². The summed E-state index contributed by atoms with van der Waals surface area (Å²) in [5.41, 5.74) is 26.9. The van der Waals surface area contributed by atoms with E-state index in [-0.39, 0.29) is 63.5 Å². The molecule has 6 heterocycles. The summed E-state index contributed by atoms with van der Waals surface area (Å²) in [5, 5.41) is 25.3. The predicted molar refractivity (Wildman–Crippen MR) is 297 cm³/mol. The van der Waals surface area contributed by atoms with Crippen LogP contribution in [0.2, 0.25) is 0 Å². The van der Waals surface area contributed by atoms with Crippen LogP contribution in [0.15, 0.2) is 164 Å². The number of hydrogen-bond acceptors (Lipinski definition) is 17. The van der Waals surface area contributed by atoms with Crippen LogP contribution < -0.4 is 74.0 Å². The minimum Gasteiger partial charge on any atom is -1.00 e. The van der Waals surface area contributed by atoms with Crippen LogP contribution in [0.1, 0.15) is 35.3 Å². The van der Waals surface area contributed by atoms with E-state index in [0.717, 1.165) is 46.1 Å². The number of imidazole rings is 2. The summed E-state index contributed by atoms with van der Waals surface area (Å²) in [6, 6.07) is 42.2. The van der Waals surface area contributed by atoms with Crippen molar-refractivity contribution in [3.05, 3.63) is 193 Å². The van der Waals surface area contributed by atoms with E-state index in [1.54, 1.807) is 36.7 Å². The van der Waals surface area contributed by atoms with Crippen molar-refractivity contribution in [1.29, 1.82) is 0 Å². The van der Waals surface area contributed by atoms with Gasteiger partial charge < -0.3 is 103 Å². The summed E-state index contributed by atoms with van der Waals surface area (Å²) in [6.45, 7) is 1.91. The fraction of sp³-hybridized carbons (Fsp3) is 0.148. The summed E-state index contributed by atoms with van der Waals surface area (Å²) in [7, 11) is 0. The summed E-state index contributed by atoms with van der Waals surface area (Å²) < 4.78 is 14.9. The Balaban J connectivity index is 0.000000358. The zero-order valence-corrected chi connectivity index (χ0v) is 46.0. The number of aliphatic carboxylic acids is 2. The molecule has 0 fully saturated rings.